The Morgan fingerprint density at radius 3 is 0.990 bits per heavy atom. The van der Waals surface area contributed by atoms with Gasteiger partial charge in [0.15, 0.2) is 17.7 Å². The lowest BCUT2D eigenvalue weighted by atomic mass is 10.2. The van der Waals surface area contributed by atoms with Crippen LogP contribution in [0.2, 0.25) is 0 Å². The van der Waals surface area contributed by atoms with E-state index in [2.05, 4.69) is 240 Å². The van der Waals surface area contributed by atoms with Crippen molar-refractivity contribution in [2.24, 2.45) is 0 Å². The standard InChI is InChI=1S/C28H34O2PS.C26H30OP.C13H24O3.C9H18O3.C8H15BrO.C4H7Br/c1-25(29)32-24-14-12-22-30-21-11-13-23-31(26-15-5-2-6-16-26,27-17-7-3-8-18-27)28-19-9-4-10-20-28;1-2-3-21-27-22-13-14-23-28(24-15-7-4-8-16-24,25-17-9-5-10-18-25)26-19-11-6-12-20-26;1-2-3-9-14-10-6-7-12-16-13-8-4-5-11-15-13;10-6-2-4-8-12-9-5-1-3-7-11-9;1-2-3-7-10-8-5-4-6-9;1-2-3-4-5/h2-10,15-20H,11-14,21-24H2,1H3;2,4-12,15-20H,1,3,13-14,21-23H2;2,13H,1,3-12H2;9-10H,1-8H2;2H,1,3-8H2;2H,1,3-4H2/q2*+1;;;;/p+1. The van der Waals surface area contributed by atoms with E-state index >= 15 is 0 Å². The zero-order valence-electron chi connectivity index (χ0n) is 62.6. The highest BCUT2D eigenvalue weighted by molar-refractivity contribution is 9.09. The molecule has 2 fully saturated rings. The van der Waals surface area contributed by atoms with Crippen molar-refractivity contribution in [1.29, 1.82) is 0 Å². The highest BCUT2D eigenvalue weighted by Gasteiger charge is 2.46. The molecule has 2 atom stereocenters. The molecule has 2 saturated heterocycles. The van der Waals surface area contributed by atoms with Crippen molar-refractivity contribution in [2.45, 2.75) is 161 Å². The Morgan fingerprint density at radius 1 is 0.408 bits per heavy atom. The van der Waals surface area contributed by atoms with Gasteiger partial charge in [-0.25, -0.2) is 0 Å². The van der Waals surface area contributed by atoms with Gasteiger partial charge >= 0.3 is 0 Å². The van der Waals surface area contributed by atoms with Gasteiger partial charge in [-0.2, -0.15) is 0 Å². The summed E-state index contributed by atoms with van der Waals surface area (Å²) in [4.78, 5) is 11.0. The normalized spacial score (nSPS) is 14.0. The van der Waals surface area contributed by atoms with Crippen molar-refractivity contribution < 1.29 is 47.8 Å². The topological polar surface area (TPSA) is 114 Å². The van der Waals surface area contributed by atoms with Crippen molar-refractivity contribution in [1.82, 2.24) is 0 Å². The van der Waals surface area contributed by atoms with E-state index in [1.54, 1.807) is 6.92 Å². The molecule has 10 nitrogen and oxygen atoms in total. The quantitative estimate of drug-likeness (QED) is 0.0120. The summed E-state index contributed by atoms with van der Waals surface area (Å²) in [6.07, 6.45) is 33.6. The maximum Gasteiger partial charge on any atom is 0.185 e. The molecule has 0 aliphatic carbocycles. The molecule has 6 aromatic rings. The predicted octanol–water partition coefficient (Wildman–Crippen LogP) is 19.8. The van der Waals surface area contributed by atoms with E-state index < -0.39 is 14.5 Å². The molecule has 2 N–H and O–H groups in total. The second-order valence-corrected chi connectivity index (χ2v) is 35.0. The van der Waals surface area contributed by atoms with E-state index in [0.717, 1.165) is 217 Å². The molecule has 0 amide bonds. The van der Waals surface area contributed by atoms with Gasteiger partial charge < -0.3 is 43.0 Å². The van der Waals surface area contributed by atoms with Crippen LogP contribution in [0.3, 0.4) is 0 Å². The summed E-state index contributed by atoms with van der Waals surface area (Å²) in [6, 6.07) is 66.5. The molecule has 0 bridgehead atoms. The first-order valence-corrected chi connectivity index (χ1v) is 45.2. The molecule has 0 radical (unpaired) electrons. The number of allylic oxidation sites excluding steroid dienone is 1. The minimum atomic E-state index is -1.72. The van der Waals surface area contributed by atoms with E-state index in [4.69, 9.17) is 43.0 Å². The van der Waals surface area contributed by atoms with Crippen LogP contribution >= 0.6 is 58.1 Å². The summed E-state index contributed by atoms with van der Waals surface area (Å²) in [5.41, 5.74) is 0. The fourth-order valence-electron chi connectivity index (χ4n) is 11.3. The van der Waals surface area contributed by atoms with Gasteiger partial charge in [-0.05, 0) is 208 Å². The molecule has 6 aromatic carbocycles. The Hall–Kier alpha value is -4.24. The molecule has 2 aliphatic heterocycles. The summed E-state index contributed by atoms with van der Waals surface area (Å²) in [6.45, 7) is 26.4. The second-order valence-electron chi connectivity index (χ2n) is 24.9. The third-order valence-corrected chi connectivity index (χ3v) is 27.7. The highest BCUT2D eigenvalue weighted by Crippen LogP contribution is 2.57. The third-order valence-electron chi connectivity index (χ3n) is 16.8. The van der Waals surface area contributed by atoms with Gasteiger partial charge in [0.25, 0.3) is 0 Å². The number of rotatable bonds is 47. The molecule has 103 heavy (non-hydrogen) atoms. The van der Waals surface area contributed by atoms with Crippen LogP contribution in [0.1, 0.15) is 148 Å². The zero-order chi connectivity index (χ0) is 73.9. The number of hydrogen-bond donors (Lipinski definition) is 0. The van der Waals surface area contributed by atoms with Crippen LogP contribution in [0.25, 0.3) is 0 Å². The van der Waals surface area contributed by atoms with E-state index in [-0.39, 0.29) is 17.7 Å². The fraction of sp³-hybridized carbons (Fsp3) is 0.489. The molecule has 2 heterocycles. The Labute approximate surface area is 646 Å². The number of hydrogen-bond acceptors (Lipinski definition) is 10. The van der Waals surface area contributed by atoms with Crippen molar-refractivity contribution in [2.75, 3.05) is 115 Å². The Kier molecular flexibility index (Phi) is 59.6. The first kappa shape index (κ1) is 93.0. The average molecular weight is 1600 g/mol. The van der Waals surface area contributed by atoms with Crippen LogP contribution < -0.4 is 31.8 Å². The van der Waals surface area contributed by atoms with E-state index in [0.29, 0.717) is 6.61 Å². The third kappa shape index (κ3) is 42.8. The Morgan fingerprint density at radius 2 is 0.709 bits per heavy atom. The summed E-state index contributed by atoms with van der Waals surface area (Å²) in [5.74, 6) is 0.900. The van der Waals surface area contributed by atoms with E-state index in [1.807, 2.05) is 24.3 Å². The zero-order valence-corrected chi connectivity index (χ0v) is 68.4. The fourth-order valence-corrected chi connectivity index (χ4v) is 21.5. The maximum absolute atomic E-state index is 11.0. The van der Waals surface area contributed by atoms with Crippen LogP contribution in [0.15, 0.2) is 233 Å². The number of benzene rings is 6. The number of alkyl halides is 2. The number of thioether (sulfide) groups is 1. The molecular formula is C88H129Br2O10P2S+3. The molecule has 0 aromatic heterocycles. The summed E-state index contributed by atoms with van der Waals surface area (Å²) < 4.78 is 44.3. The average Bonchev–Trinajstić information content (AvgIpc) is 0.769. The van der Waals surface area contributed by atoms with Crippen molar-refractivity contribution in [3.63, 3.8) is 0 Å². The highest BCUT2D eigenvalue weighted by atomic mass is 79.9. The van der Waals surface area contributed by atoms with Gasteiger partial charge in [0.05, 0.1) is 18.9 Å². The van der Waals surface area contributed by atoms with Crippen molar-refractivity contribution in [3.05, 3.63) is 233 Å². The largest absolute Gasteiger partial charge is 0.445 e. The van der Waals surface area contributed by atoms with Crippen molar-refractivity contribution in [3.8, 4) is 0 Å². The van der Waals surface area contributed by atoms with Gasteiger partial charge in [-0.1, -0.05) is 177 Å². The van der Waals surface area contributed by atoms with Gasteiger partial charge in [0.1, 0.15) is 53.0 Å². The monoisotopic (exact) mass is 1600 g/mol. The summed E-state index contributed by atoms with van der Waals surface area (Å²) >= 11 is 8.01. The van der Waals surface area contributed by atoms with Crippen LogP contribution in [0.5, 0.6) is 0 Å². The molecule has 568 valence electrons. The first-order valence-electron chi connectivity index (χ1n) is 38.0. The summed E-state index contributed by atoms with van der Waals surface area (Å²) in [7, 11) is -3.41. The van der Waals surface area contributed by atoms with Gasteiger partial charge in [0.2, 0.25) is 0 Å². The molecule has 2 unspecified atom stereocenters. The lowest BCUT2D eigenvalue weighted by Crippen LogP contribution is -2.33. The van der Waals surface area contributed by atoms with Gasteiger partial charge in [-0.15, -0.1) is 26.3 Å². The van der Waals surface area contributed by atoms with E-state index in [9.17, 15) is 4.79 Å². The van der Waals surface area contributed by atoms with Crippen LogP contribution in [0, 0.1) is 0 Å². The molecule has 0 spiro atoms. The Balaban J connectivity index is 0.000000350. The summed E-state index contributed by atoms with van der Waals surface area (Å²) in [5, 5.41) is 18.0. The smallest absolute Gasteiger partial charge is 0.185 e. The molecule has 0 saturated carbocycles. The molecule has 8 rings (SSSR count). The number of halogens is 2. The first-order chi connectivity index (χ1) is 50.8. The number of carbonyl (C=O) groups excluding carboxylic acids is 1. The number of carbonyl (C=O) groups is 1. The van der Waals surface area contributed by atoms with Crippen LogP contribution in [-0.2, 0) is 42.7 Å². The Bertz CT molecular complexity index is 2700. The SMILES string of the molecule is C=CCCBr.C=CCCOCCCCBr.C=CCCOCCCCOC1CCCCO1.C=CCCOCCCC[P+](c1ccccc1)(c1ccccc1)c1ccccc1.CC(=O)SCCCCOCCCC[P+](c1ccccc1)(c1ccccc1)c1ccccc1.[OH2+]CCCCOC1CCCCO1. The predicted molar refractivity (Wildman–Crippen MR) is 456 cm³/mol. The van der Waals surface area contributed by atoms with Crippen molar-refractivity contribution >= 4 is 95.1 Å². The lowest BCUT2D eigenvalue weighted by Gasteiger charge is -2.27. The van der Waals surface area contributed by atoms with Crippen LogP contribution in [-0.4, -0.2) is 137 Å². The second kappa shape index (κ2) is 66.0. The maximum atomic E-state index is 11.0. The van der Waals surface area contributed by atoms with E-state index in [1.165, 1.54) is 75.7 Å². The number of ether oxygens (including phenoxy) is 8. The molecule has 2 aliphatic rings. The molecule has 15 heteroatoms. The van der Waals surface area contributed by atoms with Crippen LogP contribution in [0.4, 0.5) is 0 Å². The number of unbranched alkanes of at least 4 members (excludes halogenated alkanes) is 6. The minimum absolute atomic E-state index is 0.0458. The minimum Gasteiger partial charge on any atom is -0.445 e. The molecular weight excluding hydrogens is 1470 g/mol. The lowest BCUT2D eigenvalue weighted by molar-refractivity contribution is -0.163. The van der Waals surface area contributed by atoms with Gasteiger partial charge in [0, 0.05) is 102 Å². The van der Waals surface area contributed by atoms with Gasteiger partial charge in [-0.3, -0.25) is 4.79 Å².